The predicted molar refractivity (Wildman–Crippen MR) is 88.3 cm³/mol. The van der Waals surface area contributed by atoms with Crippen molar-refractivity contribution in [1.29, 1.82) is 0 Å². The van der Waals surface area contributed by atoms with Gasteiger partial charge in [0, 0.05) is 31.3 Å². The van der Waals surface area contributed by atoms with Crippen LogP contribution >= 0.6 is 0 Å². The summed E-state index contributed by atoms with van der Waals surface area (Å²) in [7, 11) is 6.06. The second-order valence-electron chi connectivity index (χ2n) is 5.16. The highest BCUT2D eigenvalue weighted by Crippen LogP contribution is 2.35. The fourth-order valence-corrected chi connectivity index (χ4v) is 2.36. The molecule has 2 aromatic rings. The zero-order valence-corrected chi connectivity index (χ0v) is 14.1. The minimum absolute atomic E-state index is 0.142. The van der Waals surface area contributed by atoms with Crippen LogP contribution in [0.3, 0.4) is 0 Å². The molecule has 128 valence electrons. The molecule has 2 rings (SSSR count). The summed E-state index contributed by atoms with van der Waals surface area (Å²) in [4.78, 5) is 14.2. The molecule has 6 heteroatoms. The van der Waals surface area contributed by atoms with Gasteiger partial charge in [0.1, 0.15) is 11.6 Å². The third-order valence-corrected chi connectivity index (χ3v) is 3.65. The number of amides is 1. The van der Waals surface area contributed by atoms with E-state index in [-0.39, 0.29) is 18.3 Å². The summed E-state index contributed by atoms with van der Waals surface area (Å²) in [5.41, 5.74) is 0.752. The van der Waals surface area contributed by atoms with Crippen molar-refractivity contribution in [3.05, 3.63) is 53.3 Å². The Labute approximate surface area is 140 Å². The first-order valence-corrected chi connectivity index (χ1v) is 7.30. The SMILES string of the molecule is COc1cc(OC)c(C(=O)N(C)Cc2ccccc2F)cc1OC. The van der Waals surface area contributed by atoms with Gasteiger partial charge in [0.15, 0.2) is 11.5 Å². The summed E-state index contributed by atoms with van der Waals surface area (Å²) in [6.45, 7) is 0.142. The number of hydrogen-bond donors (Lipinski definition) is 0. The average molecular weight is 333 g/mol. The predicted octanol–water partition coefficient (Wildman–Crippen LogP) is 3.12. The number of ether oxygens (including phenoxy) is 3. The normalized spacial score (nSPS) is 10.2. The molecular weight excluding hydrogens is 313 g/mol. The lowest BCUT2D eigenvalue weighted by molar-refractivity contribution is 0.0780. The number of hydrogen-bond acceptors (Lipinski definition) is 4. The summed E-state index contributed by atoms with van der Waals surface area (Å²) in [6, 6.07) is 9.49. The van der Waals surface area contributed by atoms with Crippen molar-refractivity contribution in [3.63, 3.8) is 0 Å². The number of rotatable bonds is 6. The molecular formula is C18H20FNO4. The number of benzene rings is 2. The number of halogens is 1. The van der Waals surface area contributed by atoms with Crippen molar-refractivity contribution in [3.8, 4) is 17.2 Å². The molecule has 2 aromatic carbocycles. The van der Waals surface area contributed by atoms with Crippen molar-refractivity contribution in [2.24, 2.45) is 0 Å². The average Bonchev–Trinajstić information content (AvgIpc) is 2.61. The van der Waals surface area contributed by atoms with E-state index in [1.165, 1.54) is 32.3 Å². The van der Waals surface area contributed by atoms with Gasteiger partial charge in [-0.15, -0.1) is 0 Å². The Morgan fingerprint density at radius 2 is 1.58 bits per heavy atom. The van der Waals surface area contributed by atoms with Crippen molar-refractivity contribution in [1.82, 2.24) is 4.90 Å². The Bertz CT molecular complexity index is 733. The summed E-state index contributed by atoms with van der Waals surface area (Å²) in [6.07, 6.45) is 0. The molecule has 0 aliphatic carbocycles. The van der Waals surface area contributed by atoms with E-state index in [1.54, 1.807) is 37.4 Å². The quantitative estimate of drug-likeness (QED) is 0.815. The van der Waals surface area contributed by atoms with Gasteiger partial charge >= 0.3 is 0 Å². The van der Waals surface area contributed by atoms with Gasteiger partial charge in [0.25, 0.3) is 5.91 Å². The maximum Gasteiger partial charge on any atom is 0.257 e. The molecule has 0 heterocycles. The molecule has 0 aliphatic heterocycles. The highest BCUT2D eigenvalue weighted by atomic mass is 19.1. The molecule has 0 atom stereocenters. The van der Waals surface area contributed by atoms with E-state index in [0.717, 1.165) is 0 Å². The third kappa shape index (κ3) is 3.59. The van der Waals surface area contributed by atoms with Gasteiger partial charge in [0.2, 0.25) is 0 Å². The molecule has 0 fully saturated rings. The van der Waals surface area contributed by atoms with Crippen LogP contribution in [0.15, 0.2) is 36.4 Å². The minimum atomic E-state index is -0.351. The first kappa shape index (κ1) is 17.6. The first-order chi connectivity index (χ1) is 11.5. The van der Waals surface area contributed by atoms with Crippen molar-refractivity contribution >= 4 is 5.91 Å². The van der Waals surface area contributed by atoms with Gasteiger partial charge in [-0.05, 0) is 6.07 Å². The maximum absolute atomic E-state index is 13.8. The van der Waals surface area contributed by atoms with E-state index < -0.39 is 0 Å². The number of carbonyl (C=O) groups is 1. The Balaban J connectivity index is 2.32. The van der Waals surface area contributed by atoms with Crippen LogP contribution in [0.5, 0.6) is 17.2 Å². The zero-order valence-electron chi connectivity index (χ0n) is 14.1. The molecule has 0 bridgehead atoms. The van der Waals surface area contributed by atoms with Crippen molar-refractivity contribution in [2.45, 2.75) is 6.54 Å². The van der Waals surface area contributed by atoms with E-state index in [0.29, 0.717) is 28.4 Å². The molecule has 0 saturated heterocycles. The van der Waals surface area contributed by atoms with Crippen molar-refractivity contribution < 1.29 is 23.4 Å². The van der Waals surface area contributed by atoms with E-state index in [2.05, 4.69) is 0 Å². The summed E-state index contributed by atoms with van der Waals surface area (Å²) >= 11 is 0. The lowest BCUT2D eigenvalue weighted by atomic mass is 10.1. The molecule has 0 radical (unpaired) electrons. The van der Waals surface area contributed by atoms with Crippen LogP contribution < -0.4 is 14.2 Å². The fraction of sp³-hybridized carbons (Fsp3) is 0.278. The van der Waals surface area contributed by atoms with Gasteiger partial charge in [-0.1, -0.05) is 18.2 Å². The van der Waals surface area contributed by atoms with E-state index in [9.17, 15) is 9.18 Å². The van der Waals surface area contributed by atoms with Gasteiger partial charge in [-0.25, -0.2) is 4.39 Å². The second-order valence-corrected chi connectivity index (χ2v) is 5.16. The lowest BCUT2D eigenvalue weighted by Gasteiger charge is -2.20. The monoisotopic (exact) mass is 333 g/mol. The van der Waals surface area contributed by atoms with Crippen LogP contribution in [0, 0.1) is 5.82 Å². The van der Waals surface area contributed by atoms with E-state index >= 15 is 0 Å². The largest absolute Gasteiger partial charge is 0.496 e. The first-order valence-electron chi connectivity index (χ1n) is 7.30. The second kappa shape index (κ2) is 7.68. The molecule has 0 aliphatic rings. The van der Waals surface area contributed by atoms with E-state index in [4.69, 9.17) is 14.2 Å². The molecule has 0 spiro atoms. The smallest absolute Gasteiger partial charge is 0.257 e. The zero-order chi connectivity index (χ0) is 17.7. The molecule has 0 saturated carbocycles. The molecule has 5 nitrogen and oxygen atoms in total. The van der Waals surface area contributed by atoms with Crippen LogP contribution in [0.1, 0.15) is 15.9 Å². The fourth-order valence-electron chi connectivity index (χ4n) is 2.36. The standard InChI is InChI=1S/C18H20FNO4/c1-20(11-12-7-5-6-8-14(12)19)18(21)13-9-16(23-3)17(24-4)10-15(13)22-2/h5-10H,11H2,1-4H3. The topological polar surface area (TPSA) is 48.0 Å². The van der Waals surface area contributed by atoms with Gasteiger partial charge in [-0.2, -0.15) is 0 Å². The summed E-state index contributed by atoms with van der Waals surface area (Å²) in [5, 5.41) is 0. The van der Waals surface area contributed by atoms with Crippen LogP contribution in [0.4, 0.5) is 4.39 Å². The van der Waals surface area contributed by atoms with Gasteiger partial charge in [-0.3, -0.25) is 4.79 Å². The Morgan fingerprint density at radius 1 is 1.00 bits per heavy atom. The molecule has 0 N–H and O–H groups in total. The Kier molecular flexibility index (Phi) is 5.63. The Hall–Kier alpha value is -2.76. The molecule has 0 aromatic heterocycles. The Morgan fingerprint density at radius 3 is 2.17 bits per heavy atom. The van der Waals surface area contributed by atoms with Gasteiger partial charge in [0.05, 0.1) is 26.9 Å². The van der Waals surface area contributed by atoms with Crippen molar-refractivity contribution in [2.75, 3.05) is 28.4 Å². The van der Waals surface area contributed by atoms with Crippen LogP contribution in [0.2, 0.25) is 0 Å². The summed E-state index contributed by atoms with van der Waals surface area (Å²) in [5.74, 6) is 0.578. The van der Waals surface area contributed by atoms with Crippen LogP contribution in [-0.2, 0) is 6.54 Å². The number of methoxy groups -OCH3 is 3. The summed E-state index contributed by atoms with van der Waals surface area (Å²) < 4.78 is 29.5. The molecule has 0 unspecified atom stereocenters. The molecule has 24 heavy (non-hydrogen) atoms. The van der Waals surface area contributed by atoms with Gasteiger partial charge < -0.3 is 19.1 Å². The lowest BCUT2D eigenvalue weighted by Crippen LogP contribution is -2.27. The minimum Gasteiger partial charge on any atom is -0.496 e. The highest BCUT2D eigenvalue weighted by Gasteiger charge is 2.21. The third-order valence-electron chi connectivity index (χ3n) is 3.65. The number of nitrogens with zero attached hydrogens (tertiary/aromatic N) is 1. The van der Waals surface area contributed by atoms with Crippen LogP contribution in [0.25, 0.3) is 0 Å². The maximum atomic E-state index is 13.8. The van der Waals surface area contributed by atoms with E-state index in [1.807, 2.05) is 0 Å². The number of carbonyl (C=O) groups excluding carboxylic acids is 1. The molecule has 1 amide bonds. The highest BCUT2D eigenvalue weighted by molar-refractivity contribution is 5.97. The van der Waals surface area contributed by atoms with Crippen LogP contribution in [-0.4, -0.2) is 39.2 Å².